The van der Waals surface area contributed by atoms with E-state index in [1.807, 2.05) is 13.0 Å². The molecule has 21 heavy (non-hydrogen) atoms. The fourth-order valence-corrected chi connectivity index (χ4v) is 3.38. The van der Waals surface area contributed by atoms with E-state index >= 15 is 0 Å². The van der Waals surface area contributed by atoms with Gasteiger partial charge >= 0.3 is 0 Å². The van der Waals surface area contributed by atoms with Crippen LogP contribution in [0.4, 0.5) is 0 Å². The van der Waals surface area contributed by atoms with Crippen LogP contribution in [0.3, 0.4) is 0 Å². The molecule has 1 saturated heterocycles. The fourth-order valence-electron chi connectivity index (χ4n) is 2.78. The molecule has 1 unspecified atom stereocenters. The summed E-state index contributed by atoms with van der Waals surface area (Å²) in [6.07, 6.45) is 2.60. The van der Waals surface area contributed by atoms with E-state index in [-0.39, 0.29) is 0 Å². The van der Waals surface area contributed by atoms with E-state index < -0.39 is 0 Å². The number of methoxy groups -OCH3 is 1. The molecule has 118 valence electrons. The molecule has 1 N–H and O–H groups in total. The number of likely N-dealkylation sites (tertiary alicyclic amines) is 1. The van der Waals surface area contributed by atoms with Crippen LogP contribution in [0.15, 0.2) is 16.6 Å². The summed E-state index contributed by atoms with van der Waals surface area (Å²) in [6.45, 7) is 5.68. The molecule has 1 heterocycles. The molecule has 0 aromatic heterocycles. The van der Waals surface area contributed by atoms with Crippen molar-refractivity contribution in [1.82, 2.24) is 10.2 Å². The van der Waals surface area contributed by atoms with Crippen molar-refractivity contribution < 1.29 is 9.47 Å². The lowest BCUT2D eigenvalue weighted by Crippen LogP contribution is -2.35. The Morgan fingerprint density at radius 3 is 2.86 bits per heavy atom. The number of hydrogen-bond donors (Lipinski definition) is 1. The van der Waals surface area contributed by atoms with Gasteiger partial charge < -0.3 is 19.7 Å². The molecule has 1 fully saturated rings. The van der Waals surface area contributed by atoms with Crippen molar-refractivity contribution in [2.24, 2.45) is 0 Å². The molecule has 2 rings (SSSR count). The molecule has 0 amide bonds. The summed E-state index contributed by atoms with van der Waals surface area (Å²) < 4.78 is 12.0. The second kappa shape index (κ2) is 8.01. The first-order valence-corrected chi connectivity index (χ1v) is 8.35. The largest absolute Gasteiger partial charge is 0.493 e. The lowest BCUT2D eigenvalue weighted by molar-refractivity contribution is 0.299. The van der Waals surface area contributed by atoms with Crippen LogP contribution >= 0.6 is 15.9 Å². The third kappa shape index (κ3) is 4.34. The predicted molar refractivity (Wildman–Crippen MR) is 89.2 cm³/mol. The summed E-state index contributed by atoms with van der Waals surface area (Å²) >= 11 is 3.57. The fraction of sp³-hybridized carbons (Fsp3) is 0.625. The van der Waals surface area contributed by atoms with E-state index in [4.69, 9.17) is 9.47 Å². The van der Waals surface area contributed by atoms with Crippen LogP contribution in [0, 0.1) is 0 Å². The Labute approximate surface area is 135 Å². The van der Waals surface area contributed by atoms with Gasteiger partial charge in [-0.15, -0.1) is 0 Å². The summed E-state index contributed by atoms with van der Waals surface area (Å²) in [7, 11) is 3.88. The van der Waals surface area contributed by atoms with Crippen LogP contribution in [0.5, 0.6) is 11.5 Å². The van der Waals surface area contributed by atoms with Crippen LogP contribution in [0.25, 0.3) is 0 Å². The van der Waals surface area contributed by atoms with Gasteiger partial charge in [0.25, 0.3) is 0 Å². The Morgan fingerprint density at radius 1 is 1.43 bits per heavy atom. The molecule has 1 atom stereocenters. The van der Waals surface area contributed by atoms with Crippen LogP contribution in [-0.4, -0.2) is 44.8 Å². The standard InChI is InChI=1S/C16H25BrN2O2/c1-4-21-16-14(17)8-12(9-15(16)20-3)10-18-11-13-6-5-7-19(13)2/h8-9,13,18H,4-7,10-11H2,1-3H3. The SMILES string of the molecule is CCOc1c(Br)cc(CNCC2CCCN2C)cc1OC. The second-order valence-corrected chi connectivity index (χ2v) is 6.30. The summed E-state index contributed by atoms with van der Waals surface area (Å²) in [5.74, 6) is 1.56. The van der Waals surface area contributed by atoms with Gasteiger partial charge in [0.05, 0.1) is 18.2 Å². The van der Waals surface area contributed by atoms with E-state index in [1.54, 1.807) is 7.11 Å². The Morgan fingerprint density at radius 2 is 2.24 bits per heavy atom. The Balaban J connectivity index is 1.95. The van der Waals surface area contributed by atoms with Crippen LogP contribution in [0.2, 0.25) is 0 Å². The van der Waals surface area contributed by atoms with Gasteiger partial charge in [0.15, 0.2) is 11.5 Å². The number of ether oxygens (including phenoxy) is 2. The van der Waals surface area contributed by atoms with Crippen molar-refractivity contribution >= 4 is 15.9 Å². The van der Waals surface area contributed by atoms with Crippen molar-refractivity contribution in [3.63, 3.8) is 0 Å². The number of hydrogen-bond acceptors (Lipinski definition) is 4. The second-order valence-electron chi connectivity index (χ2n) is 5.45. The number of nitrogens with one attached hydrogen (secondary N) is 1. The molecule has 0 radical (unpaired) electrons. The zero-order valence-corrected chi connectivity index (χ0v) is 14.7. The topological polar surface area (TPSA) is 33.7 Å². The number of likely N-dealkylation sites (N-methyl/N-ethyl adjacent to an activating group) is 1. The van der Waals surface area contributed by atoms with Gasteiger partial charge in [0.1, 0.15) is 0 Å². The van der Waals surface area contributed by atoms with Crippen molar-refractivity contribution in [2.45, 2.75) is 32.4 Å². The molecule has 1 aromatic rings. The predicted octanol–water partition coefficient (Wildman–Crippen LogP) is 3.04. The molecular weight excluding hydrogens is 332 g/mol. The summed E-state index contributed by atoms with van der Waals surface area (Å²) in [5, 5.41) is 3.55. The van der Waals surface area contributed by atoms with E-state index in [0.29, 0.717) is 12.6 Å². The number of rotatable bonds is 7. The van der Waals surface area contributed by atoms with Gasteiger partial charge in [0, 0.05) is 19.1 Å². The molecule has 1 aromatic carbocycles. The average molecular weight is 357 g/mol. The molecular formula is C16H25BrN2O2. The Kier molecular flexibility index (Phi) is 6.33. The highest BCUT2D eigenvalue weighted by molar-refractivity contribution is 9.10. The first-order chi connectivity index (χ1) is 10.2. The smallest absolute Gasteiger partial charge is 0.175 e. The zero-order valence-electron chi connectivity index (χ0n) is 13.1. The van der Waals surface area contributed by atoms with E-state index in [1.165, 1.54) is 24.9 Å². The van der Waals surface area contributed by atoms with Gasteiger partial charge in [-0.05, 0) is 67.0 Å². The lowest BCUT2D eigenvalue weighted by atomic mass is 10.2. The highest BCUT2D eigenvalue weighted by atomic mass is 79.9. The quantitative estimate of drug-likeness (QED) is 0.813. The molecule has 0 aliphatic carbocycles. The monoisotopic (exact) mass is 356 g/mol. The number of nitrogens with zero attached hydrogens (tertiary/aromatic N) is 1. The van der Waals surface area contributed by atoms with Crippen molar-refractivity contribution in [3.8, 4) is 11.5 Å². The highest BCUT2D eigenvalue weighted by Gasteiger charge is 2.20. The minimum atomic E-state index is 0.626. The van der Waals surface area contributed by atoms with E-state index in [9.17, 15) is 0 Å². The van der Waals surface area contributed by atoms with E-state index in [2.05, 4.69) is 39.3 Å². The van der Waals surface area contributed by atoms with Gasteiger partial charge in [-0.1, -0.05) is 0 Å². The van der Waals surface area contributed by atoms with Crippen molar-refractivity contribution in [3.05, 3.63) is 22.2 Å². The van der Waals surface area contributed by atoms with Gasteiger partial charge in [-0.2, -0.15) is 0 Å². The van der Waals surface area contributed by atoms with Crippen LogP contribution in [-0.2, 0) is 6.54 Å². The van der Waals surface area contributed by atoms with Crippen molar-refractivity contribution in [2.75, 3.05) is 33.9 Å². The summed E-state index contributed by atoms with van der Waals surface area (Å²) in [5.41, 5.74) is 1.20. The normalized spacial score (nSPS) is 19.0. The number of halogens is 1. The molecule has 5 heteroatoms. The molecule has 0 saturated carbocycles. The maximum atomic E-state index is 5.61. The third-order valence-electron chi connectivity index (χ3n) is 3.96. The van der Waals surface area contributed by atoms with Crippen LogP contribution < -0.4 is 14.8 Å². The van der Waals surface area contributed by atoms with Gasteiger partial charge in [-0.25, -0.2) is 0 Å². The highest BCUT2D eigenvalue weighted by Crippen LogP contribution is 2.36. The van der Waals surface area contributed by atoms with Gasteiger partial charge in [0.2, 0.25) is 0 Å². The molecule has 1 aliphatic heterocycles. The first-order valence-electron chi connectivity index (χ1n) is 7.55. The first kappa shape index (κ1) is 16.6. The lowest BCUT2D eigenvalue weighted by Gasteiger charge is -2.20. The molecule has 0 spiro atoms. The Hall–Kier alpha value is -0.780. The average Bonchev–Trinajstić information content (AvgIpc) is 2.87. The zero-order chi connectivity index (χ0) is 15.2. The molecule has 1 aliphatic rings. The third-order valence-corrected chi connectivity index (χ3v) is 4.55. The van der Waals surface area contributed by atoms with Crippen LogP contribution in [0.1, 0.15) is 25.3 Å². The molecule has 4 nitrogen and oxygen atoms in total. The summed E-state index contributed by atoms with van der Waals surface area (Å²) in [6, 6.07) is 4.80. The van der Waals surface area contributed by atoms with E-state index in [0.717, 1.165) is 29.1 Å². The minimum Gasteiger partial charge on any atom is -0.493 e. The van der Waals surface area contributed by atoms with Gasteiger partial charge in [-0.3, -0.25) is 0 Å². The summed E-state index contributed by atoms with van der Waals surface area (Å²) in [4.78, 5) is 2.43. The maximum Gasteiger partial charge on any atom is 0.175 e. The maximum absolute atomic E-state index is 5.61. The molecule has 0 bridgehead atoms. The Bertz CT molecular complexity index is 468. The van der Waals surface area contributed by atoms with Crippen molar-refractivity contribution in [1.29, 1.82) is 0 Å². The number of benzene rings is 1. The minimum absolute atomic E-state index is 0.626.